The molecule has 0 bridgehead atoms. The van der Waals surface area contributed by atoms with Crippen molar-refractivity contribution in [2.75, 3.05) is 29.9 Å². The van der Waals surface area contributed by atoms with Gasteiger partial charge in [0.1, 0.15) is 5.76 Å². The molecule has 4 heterocycles. The standard InChI is InChI=1S/C21H32N6O3S/c1-4-17(19(28)22-18-12-15(3)30-25-18)31-21-24-23-20(26-9-7-14(2)8-10-26)27(21)13-16-6-5-11-29-16/h12,14,16-17H,4-11,13H2,1-3H3,(H,22,25,28). The van der Waals surface area contributed by atoms with Crippen molar-refractivity contribution in [1.82, 2.24) is 19.9 Å². The van der Waals surface area contributed by atoms with Gasteiger partial charge in [0.05, 0.1) is 17.9 Å². The summed E-state index contributed by atoms with van der Waals surface area (Å²) in [7, 11) is 0. The molecule has 0 saturated carbocycles. The van der Waals surface area contributed by atoms with Gasteiger partial charge in [0.15, 0.2) is 11.0 Å². The second-order valence-corrected chi connectivity index (χ2v) is 9.69. The predicted octanol–water partition coefficient (Wildman–Crippen LogP) is 3.50. The summed E-state index contributed by atoms with van der Waals surface area (Å²) in [4.78, 5) is 15.2. The minimum Gasteiger partial charge on any atom is -0.376 e. The van der Waals surface area contributed by atoms with Gasteiger partial charge < -0.3 is 19.5 Å². The van der Waals surface area contributed by atoms with Crippen LogP contribution in [0.25, 0.3) is 0 Å². The highest BCUT2D eigenvalue weighted by atomic mass is 32.2. The number of amides is 1. The van der Waals surface area contributed by atoms with Gasteiger partial charge in [0, 0.05) is 25.8 Å². The number of hydrogen-bond acceptors (Lipinski definition) is 8. The summed E-state index contributed by atoms with van der Waals surface area (Å²) < 4.78 is 13.1. The molecule has 1 amide bonds. The monoisotopic (exact) mass is 448 g/mol. The van der Waals surface area contributed by atoms with E-state index in [9.17, 15) is 4.79 Å². The third-order valence-electron chi connectivity index (χ3n) is 5.96. The molecule has 2 aromatic rings. The Balaban J connectivity index is 1.51. The zero-order chi connectivity index (χ0) is 21.8. The molecule has 2 fully saturated rings. The lowest BCUT2D eigenvalue weighted by molar-refractivity contribution is -0.115. The number of ether oxygens (including phenoxy) is 1. The number of carbonyl (C=O) groups excluding carboxylic acids is 1. The lowest BCUT2D eigenvalue weighted by Gasteiger charge is -2.31. The van der Waals surface area contributed by atoms with E-state index >= 15 is 0 Å². The maximum absolute atomic E-state index is 12.9. The van der Waals surface area contributed by atoms with E-state index in [1.165, 1.54) is 11.8 Å². The summed E-state index contributed by atoms with van der Waals surface area (Å²) in [6, 6.07) is 1.71. The van der Waals surface area contributed by atoms with Gasteiger partial charge in [-0.05, 0) is 44.9 Å². The topological polar surface area (TPSA) is 98.3 Å². The molecule has 2 unspecified atom stereocenters. The molecule has 2 saturated heterocycles. The fourth-order valence-corrected chi connectivity index (χ4v) is 5.00. The van der Waals surface area contributed by atoms with E-state index in [-0.39, 0.29) is 17.3 Å². The molecule has 0 aromatic carbocycles. The largest absolute Gasteiger partial charge is 0.376 e. The number of anilines is 2. The van der Waals surface area contributed by atoms with Crippen LogP contribution in [-0.2, 0) is 16.1 Å². The highest BCUT2D eigenvalue weighted by molar-refractivity contribution is 8.00. The second kappa shape index (κ2) is 10.0. The number of piperidine rings is 1. The Labute approximate surface area is 187 Å². The number of aromatic nitrogens is 4. The summed E-state index contributed by atoms with van der Waals surface area (Å²) in [5.41, 5.74) is 0. The summed E-state index contributed by atoms with van der Waals surface area (Å²) in [5.74, 6) is 2.62. The number of nitrogens with zero attached hydrogens (tertiary/aromatic N) is 5. The Hall–Kier alpha value is -2.07. The molecule has 9 nitrogen and oxygen atoms in total. The maximum Gasteiger partial charge on any atom is 0.239 e. The maximum atomic E-state index is 12.9. The molecule has 0 spiro atoms. The molecule has 0 aliphatic carbocycles. The van der Waals surface area contributed by atoms with Crippen LogP contribution in [0.5, 0.6) is 0 Å². The van der Waals surface area contributed by atoms with Crippen molar-refractivity contribution in [3.8, 4) is 0 Å². The quantitative estimate of drug-likeness (QED) is 0.613. The lowest BCUT2D eigenvalue weighted by Crippen LogP contribution is -2.35. The number of hydrogen-bond donors (Lipinski definition) is 1. The number of aryl methyl sites for hydroxylation is 1. The van der Waals surface area contributed by atoms with Crippen LogP contribution in [0.2, 0.25) is 0 Å². The molecule has 0 radical (unpaired) electrons. The first-order valence-corrected chi connectivity index (χ1v) is 12.1. The Morgan fingerprint density at radius 1 is 1.32 bits per heavy atom. The van der Waals surface area contributed by atoms with Gasteiger partial charge in [0.25, 0.3) is 0 Å². The first kappa shape index (κ1) is 22.1. The van der Waals surface area contributed by atoms with Gasteiger partial charge in [0.2, 0.25) is 11.9 Å². The molecule has 170 valence electrons. The first-order chi connectivity index (χ1) is 15.0. The van der Waals surface area contributed by atoms with E-state index < -0.39 is 0 Å². The molecular weight excluding hydrogens is 416 g/mol. The summed E-state index contributed by atoms with van der Waals surface area (Å²) >= 11 is 1.45. The van der Waals surface area contributed by atoms with E-state index in [0.717, 1.165) is 68.9 Å². The number of rotatable bonds is 8. The average molecular weight is 449 g/mol. The molecule has 1 N–H and O–H groups in total. The zero-order valence-electron chi connectivity index (χ0n) is 18.5. The van der Waals surface area contributed by atoms with Gasteiger partial charge in [-0.1, -0.05) is 30.8 Å². The first-order valence-electron chi connectivity index (χ1n) is 11.2. The Morgan fingerprint density at radius 2 is 2.13 bits per heavy atom. The minimum atomic E-state index is -0.307. The molecule has 31 heavy (non-hydrogen) atoms. The molecule has 2 aromatic heterocycles. The molecule has 4 rings (SSSR count). The van der Waals surface area contributed by atoms with Crippen LogP contribution in [0.1, 0.15) is 51.7 Å². The molecule has 2 aliphatic rings. The van der Waals surface area contributed by atoms with Crippen molar-refractivity contribution in [2.45, 2.75) is 75.9 Å². The van der Waals surface area contributed by atoms with Crippen LogP contribution in [0, 0.1) is 12.8 Å². The average Bonchev–Trinajstić information content (AvgIpc) is 3.50. The Morgan fingerprint density at radius 3 is 2.77 bits per heavy atom. The normalized spacial score (nSPS) is 20.9. The van der Waals surface area contributed by atoms with Crippen LogP contribution in [0.3, 0.4) is 0 Å². The van der Waals surface area contributed by atoms with E-state index in [1.807, 2.05) is 6.92 Å². The highest BCUT2D eigenvalue weighted by Gasteiger charge is 2.28. The van der Waals surface area contributed by atoms with Crippen molar-refractivity contribution < 1.29 is 14.1 Å². The van der Waals surface area contributed by atoms with Crippen molar-refractivity contribution >= 4 is 29.4 Å². The lowest BCUT2D eigenvalue weighted by atomic mass is 10.00. The van der Waals surface area contributed by atoms with Crippen molar-refractivity contribution in [3.05, 3.63) is 11.8 Å². The van der Waals surface area contributed by atoms with Gasteiger partial charge in [-0.3, -0.25) is 9.36 Å². The molecule has 2 aliphatic heterocycles. The van der Waals surface area contributed by atoms with Crippen LogP contribution in [0.15, 0.2) is 15.7 Å². The Kier molecular flexibility index (Phi) is 7.16. The number of carbonyl (C=O) groups is 1. The summed E-state index contributed by atoms with van der Waals surface area (Å²) in [5, 5.41) is 16.2. The molecule has 2 atom stereocenters. The predicted molar refractivity (Wildman–Crippen MR) is 119 cm³/mol. The van der Waals surface area contributed by atoms with Gasteiger partial charge >= 0.3 is 0 Å². The van der Waals surface area contributed by atoms with E-state index in [1.54, 1.807) is 13.0 Å². The van der Waals surface area contributed by atoms with E-state index in [4.69, 9.17) is 9.26 Å². The number of thioether (sulfide) groups is 1. The van der Waals surface area contributed by atoms with Crippen molar-refractivity contribution in [2.24, 2.45) is 5.92 Å². The fraction of sp³-hybridized carbons (Fsp3) is 0.714. The van der Waals surface area contributed by atoms with Crippen LogP contribution < -0.4 is 10.2 Å². The minimum absolute atomic E-state index is 0.110. The molecular formula is C21H32N6O3S. The molecule has 10 heteroatoms. The van der Waals surface area contributed by atoms with Gasteiger partial charge in [-0.2, -0.15) is 0 Å². The number of nitrogens with one attached hydrogen (secondary N) is 1. The highest BCUT2D eigenvalue weighted by Crippen LogP contribution is 2.31. The Bertz CT molecular complexity index is 870. The summed E-state index contributed by atoms with van der Waals surface area (Å²) in [6.07, 6.45) is 5.28. The van der Waals surface area contributed by atoms with E-state index in [0.29, 0.717) is 18.0 Å². The van der Waals surface area contributed by atoms with Crippen LogP contribution in [0.4, 0.5) is 11.8 Å². The van der Waals surface area contributed by atoms with E-state index in [2.05, 4.69) is 37.1 Å². The summed E-state index contributed by atoms with van der Waals surface area (Å²) in [6.45, 7) is 9.60. The SMILES string of the molecule is CCC(Sc1nnc(N2CCC(C)CC2)n1CC1CCCO1)C(=O)Nc1cc(C)on1. The van der Waals surface area contributed by atoms with Crippen LogP contribution in [-0.4, -0.2) is 56.9 Å². The van der Waals surface area contributed by atoms with Crippen molar-refractivity contribution in [1.29, 1.82) is 0 Å². The zero-order valence-corrected chi connectivity index (χ0v) is 19.4. The third kappa shape index (κ3) is 5.41. The van der Waals surface area contributed by atoms with Gasteiger partial charge in [-0.15, -0.1) is 10.2 Å². The fourth-order valence-electron chi connectivity index (χ4n) is 4.04. The smallest absolute Gasteiger partial charge is 0.239 e. The van der Waals surface area contributed by atoms with Crippen LogP contribution >= 0.6 is 11.8 Å². The van der Waals surface area contributed by atoms with Gasteiger partial charge in [-0.25, -0.2) is 0 Å². The second-order valence-electron chi connectivity index (χ2n) is 8.52. The van der Waals surface area contributed by atoms with Crippen molar-refractivity contribution in [3.63, 3.8) is 0 Å². The third-order valence-corrected chi connectivity index (χ3v) is 7.31.